The Bertz CT molecular complexity index is 1090. The van der Waals surface area contributed by atoms with Crippen LogP contribution in [0, 0.1) is 12.3 Å². The van der Waals surface area contributed by atoms with Crippen LogP contribution in [0.5, 0.6) is 0 Å². The number of likely N-dealkylation sites (tertiary alicyclic amines) is 1. The fourth-order valence-corrected chi connectivity index (χ4v) is 4.44. The van der Waals surface area contributed by atoms with Gasteiger partial charge in [-0.2, -0.15) is 0 Å². The van der Waals surface area contributed by atoms with E-state index in [1.165, 1.54) is 5.56 Å². The number of pyridine rings is 1. The molecule has 1 atom stereocenters. The first-order valence-corrected chi connectivity index (χ1v) is 10.8. The second kappa shape index (κ2) is 8.94. The van der Waals surface area contributed by atoms with Crippen LogP contribution in [0.1, 0.15) is 34.5 Å². The van der Waals surface area contributed by atoms with Crippen LogP contribution in [-0.4, -0.2) is 58.9 Å². The minimum atomic E-state index is -0.755. The maximum absolute atomic E-state index is 13.4. The molecule has 7 heteroatoms. The third-order valence-corrected chi connectivity index (χ3v) is 6.07. The quantitative estimate of drug-likeness (QED) is 0.616. The van der Waals surface area contributed by atoms with Gasteiger partial charge >= 0.3 is 0 Å². The first kappa shape index (κ1) is 21.7. The zero-order valence-corrected chi connectivity index (χ0v) is 18.7. The summed E-state index contributed by atoms with van der Waals surface area (Å²) >= 11 is 0. The van der Waals surface area contributed by atoms with Gasteiger partial charge in [0.1, 0.15) is 11.5 Å². The van der Waals surface area contributed by atoms with E-state index in [2.05, 4.69) is 10.1 Å². The van der Waals surface area contributed by atoms with Crippen LogP contribution in [0.15, 0.2) is 59.4 Å². The van der Waals surface area contributed by atoms with E-state index in [9.17, 15) is 9.59 Å². The van der Waals surface area contributed by atoms with E-state index in [4.69, 9.17) is 4.52 Å². The number of nitrogens with zero attached hydrogens (tertiary/aromatic N) is 4. The normalized spacial score (nSPS) is 18.4. The minimum Gasteiger partial charge on any atom is -0.361 e. The van der Waals surface area contributed by atoms with Crippen LogP contribution in [0.3, 0.4) is 0 Å². The Morgan fingerprint density at radius 1 is 1.12 bits per heavy atom. The second-order valence-corrected chi connectivity index (χ2v) is 8.77. The Hall–Kier alpha value is -3.48. The lowest BCUT2D eigenvalue weighted by Crippen LogP contribution is -2.54. The molecular formula is C25H28N4O3. The number of carbonyl (C=O) groups excluding carboxylic acids is 2. The van der Waals surface area contributed by atoms with Crippen LogP contribution in [-0.2, 0) is 11.2 Å². The van der Waals surface area contributed by atoms with Gasteiger partial charge in [0.2, 0.25) is 5.91 Å². The average Bonchev–Trinajstić information content (AvgIpc) is 3.27. The number of piperidine rings is 1. The number of carbonyl (C=O) groups is 2. The van der Waals surface area contributed by atoms with Gasteiger partial charge in [0.25, 0.3) is 5.91 Å². The largest absolute Gasteiger partial charge is 0.361 e. The van der Waals surface area contributed by atoms with E-state index < -0.39 is 5.41 Å². The summed E-state index contributed by atoms with van der Waals surface area (Å²) in [5.41, 5.74) is 2.71. The van der Waals surface area contributed by atoms with Crippen LogP contribution in [0.25, 0.3) is 11.3 Å². The van der Waals surface area contributed by atoms with Gasteiger partial charge in [-0.25, -0.2) is 0 Å². The van der Waals surface area contributed by atoms with Gasteiger partial charge in [0.15, 0.2) is 0 Å². The van der Waals surface area contributed by atoms with E-state index in [1.807, 2.05) is 37.3 Å². The van der Waals surface area contributed by atoms with Crippen molar-refractivity contribution in [1.82, 2.24) is 19.9 Å². The van der Waals surface area contributed by atoms with E-state index in [-0.39, 0.29) is 11.8 Å². The molecule has 0 unspecified atom stereocenters. The smallest absolute Gasteiger partial charge is 0.253 e. The molecule has 0 bridgehead atoms. The molecule has 4 rings (SSSR count). The van der Waals surface area contributed by atoms with Crippen LogP contribution in [0.4, 0.5) is 0 Å². The van der Waals surface area contributed by atoms with Crippen molar-refractivity contribution in [3.63, 3.8) is 0 Å². The molecule has 166 valence electrons. The number of amides is 2. The van der Waals surface area contributed by atoms with Crippen molar-refractivity contribution >= 4 is 11.8 Å². The molecule has 7 nitrogen and oxygen atoms in total. The highest BCUT2D eigenvalue weighted by Crippen LogP contribution is 2.37. The second-order valence-electron chi connectivity index (χ2n) is 8.77. The van der Waals surface area contributed by atoms with Gasteiger partial charge in [0.05, 0.1) is 5.41 Å². The number of rotatable bonds is 5. The highest BCUT2D eigenvalue weighted by atomic mass is 16.5. The third kappa shape index (κ3) is 4.42. The minimum absolute atomic E-state index is 0.00184. The van der Waals surface area contributed by atoms with Gasteiger partial charge in [-0.1, -0.05) is 35.0 Å². The lowest BCUT2D eigenvalue weighted by Gasteiger charge is -2.42. The molecule has 3 heterocycles. The molecule has 1 aromatic carbocycles. The summed E-state index contributed by atoms with van der Waals surface area (Å²) < 4.78 is 5.65. The molecule has 0 radical (unpaired) electrons. The molecule has 0 spiro atoms. The highest BCUT2D eigenvalue weighted by molar-refractivity contribution is 5.95. The summed E-state index contributed by atoms with van der Waals surface area (Å²) in [7, 11) is 3.51. The van der Waals surface area contributed by atoms with E-state index >= 15 is 0 Å². The van der Waals surface area contributed by atoms with Crippen molar-refractivity contribution in [1.29, 1.82) is 0 Å². The Kier molecular flexibility index (Phi) is 6.08. The lowest BCUT2D eigenvalue weighted by atomic mass is 9.75. The molecule has 1 saturated heterocycles. The fraction of sp³-hybridized carbons (Fsp3) is 0.360. The Morgan fingerprint density at radius 3 is 2.53 bits per heavy atom. The monoisotopic (exact) mass is 432 g/mol. The number of hydrogen-bond donors (Lipinski definition) is 0. The van der Waals surface area contributed by atoms with Crippen molar-refractivity contribution < 1.29 is 14.1 Å². The summed E-state index contributed by atoms with van der Waals surface area (Å²) in [6.45, 7) is 3.00. The van der Waals surface area contributed by atoms with Crippen molar-refractivity contribution in [3.8, 4) is 11.3 Å². The predicted octanol–water partition coefficient (Wildman–Crippen LogP) is 3.60. The molecule has 1 aliphatic rings. The third-order valence-electron chi connectivity index (χ3n) is 6.07. The molecule has 2 aromatic heterocycles. The van der Waals surface area contributed by atoms with E-state index in [0.717, 1.165) is 17.7 Å². The fourth-order valence-electron chi connectivity index (χ4n) is 4.44. The topological polar surface area (TPSA) is 79.5 Å². The summed E-state index contributed by atoms with van der Waals surface area (Å²) in [4.78, 5) is 33.8. The van der Waals surface area contributed by atoms with Gasteiger partial charge < -0.3 is 14.3 Å². The van der Waals surface area contributed by atoms with Crippen LogP contribution >= 0.6 is 0 Å². The van der Waals surface area contributed by atoms with Gasteiger partial charge in [0, 0.05) is 63.2 Å². The average molecular weight is 433 g/mol. The van der Waals surface area contributed by atoms with E-state index in [0.29, 0.717) is 37.3 Å². The lowest BCUT2D eigenvalue weighted by molar-refractivity contribution is -0.142. The summed E-state index contributed by atoms with van der Waals surface area (Å²) in [5, 5.41) is 4.23. The first-order chi connectivity index (χ1) is 15.4. The Balaban J connectivity index is 1.60. The molecule has 0 aliphatic carbocycles. The SMILES string of the molecule is Cc1ccc(-c2cc(C[C@]3(C(=O)N(C)C)CCCN(C(=O)c4ccncc4)C3)on2)cc1. The van der Waals surface area contributed by atoms with Crippen molar-refractivity contribution in [2.24, 2.45) is 5.41 Å². The zero-order valence-electron chi connectivity index (χ0n) is 18.7. The molecule has 3 aromatic rings. The maximum Gasteiger partial charge on any atom is 0.253 e. The summed E-state index contributed by atoms with van der Waals surface area (Å²) in [6, 6.07) is 13.4. The molecule has 1 fully saturated rings. The molecule has 32 heavy (non-hydrogen) atoms. The molecule has 0 N–H and O–H groups in total. The number of aryl methyl sites for hydroxylation is 1. The summed E-state index contributed by atoms with van der Waals surface area (Å²) in [5.74, 6) is 0.563. The first-order valence-electron chi connectivity index (χ1n) is 10.8. The Morgan fingerprint density at radius 2 is 1.84 bits per heavy atom. The van der Waals surface area contributed by atoms with Crippen molar-refractivity contribution in [2.75, 3.05) is 27.2 Å². The number of hydrogen-bond acceptors (Lipinski definition) is 5. The number of benzene rings is 1. The Labute approximate surface area is 188 Å². The van der Waals surface area contributed by atoms with Crippen molar-refractivity contribution in [2.45, 2.75) is 26.2 Å². The van der Waals surface area contributed by atoms with Gasteiger partial charge in [-0.05, 0) is 31.9 Å². The predicted molar refractivity (Wildman–Crippen MR) is 121 cm³/mol. The van der Waals surface area contributed by atoms with Crippen LogP contribution in [0.2, 0.25) is 0 Å². The highest BCUT2D eigenvalue weighted by Gasteiger charge is 2.45. The van der Waals surface area contributed by atoms with Gasteiger partial charge in [-0.3, -0.25) is 14.6 Å². The molecule has 1 aliphatic heterocycles. The molecule has 0 saturated carbocycles. The van der Waals surface area contributed by atoms with Crippen LogP contribution < -0.4 is 0 Å². The van der Waals surface area contributed by atoms with E-state index in [1.54, 1.807) is 48.4 Å². The summed E-state index contributed by atoms with van der Waals surface area (Å²) in [6.07, 6.45) is 5.04. The standard InChI is InChI=1S/C25H28N4O3/c1-18-5-7-19(8-6-18)22-15-21(32-27-22)16-25(24(31)28(2)3)11-4-14-29(17-25)23(30)20-9-12-26-13-10-20/h5-10,12-13,15H,4,11,14,16-17H2,1-3H3/t25-/m1/s1. The maximum atomic E-state index is 13.4. The van der Waals surface area contributed by atoms with Gasteiger partial charge in [-0.15, -0.1) is 0 Å². The molecule has 2 amide bonds. The van der Waals surface area contributed by atoms with Crippen molar-refractivity contribution in [3.05, 3.63) is 71.7 Å². The zero-order chi connectivity index (χ0) is 22.7. The molecular weight excluding hydrogens is 404 g/mol. The number of aromatic nitrogens is 2.